The summed E-state index contributed by atoms with van der Waals surface area (Å²) in [6.07, 6.45) is 7.45. The quantitative estimate of drug-likeness (QED) is 0.336. The second-order valence-electron chi connectivity index (χ2n) is 9.00. The number of anilines is 1. The highest BCUT2D eigenvalue weighted by Crippen LogP contribution is 2.26. The van der Waals surface area contributed by atoms with Crippen LogP contribution in [0.25, 0.3) is 0 Å². The third kappa shape index (κ3) is 6.72. The number of pyridine rings is 1. The molecule has 0 radical (unpaired) electrons. The SMILES string of the molecule is O=C(CSc1ccccc1C(=O)N1CCN(c2ccc([N+](=O)[O-])cn2)CC1)NCC1CCCCC1. The van der Waals surface area contributed by atoms with E-state index in [1.54, 1.807) is 6.07 Å². The molecule has 4 rings (SSSR count). The number of nitrogens with zero attached hydrogens (tertiary/aromatic N) is 4. The van der Waals surface area contributed by atoms with Crippen LogP contribution in [0.4, 0.5) is 11.5 Å². The van der Waals surface area contributed by atoms with Crippen LogP contribution in [0.3, 0.4) is 0 Å². The summed E-state index contributed by atoms with van der Waals surface area (Å²) in [4.78, 5) is 44.9. The summed E-state index contributed by atoms with van der Waals surface area (Å²) in [6.45, 7) is 2.98. The van der Waals surface area contributed by atoms with E-state index >= 15 is 0 Å². The van der Waals surface area contributed by atoms with Gasteiger partial charge in [-0.05, 0) is 37.0 Å². The van der Waals surface area contributed by atoms with Crippen LogP contribution in [0.15, 0.2) is 47.5 Å². The van der Waals surface area contributed by atoms with Crippen LogP contribution in [-0.4, -0.2) is 65.1 Å². The van der Waals surface area contributed by atoms with Crippen molar-refractivity contribution in [2.45, 2.75) is 37.0 Å². The molecule has 2 aromatic rings. The molecule has 1 aromatic carbocycles. The number of hydrogen-bond acceptors (Lipinski definition) is 7. The van der Waals surface area contributed by atoms with Crippen LogP contribution in [0.5, 0.6) is 0 Å². The Balaban J connectivity index is 1.29. The second-order valence-corrected chi connectivity index (χ2v) is 10.0. The van der Waals surface area contributed by atoms with Crippen molar-refractivity contribution in [1.29, 1.82) is 0 Å². The van der Waals surface area contributed by atoms with Gasteiger partial charge in [0.25, 0.3) is 11.6 Å². The second kappa shape index (κ2) is 12.0. The summed E-state index contributed by atoms with van der Waals surface area (Å²) < 4.78 is 0. The maximum absolute atomic E-state index is 13.3. The van der Waals surface area contributed by atoms with E-state index < -0.39 is 4.92 Å². The molecule has 2 amide bonds. The van der Waals surface area contributed by atoms with E-state index in [2.05, 4.69) is 10.3 Å². The smallest absolute Gasteiger partial charge is 0.287 e. The first-order chi connectivity index (χ1) is 17.0. The molecule has 1 saturated carbocycles. The van der Waals surface area contributed by atoms with Gasteiger partial charge in [-0.25, -0.2) is 4.98 Å². The molecule has 9 nitrogen and oxygen atoms in total. The average molecular weight is 498 g/mol. The number of amides is 2. The van der Waals surface area contributed by atoms with Crippen molar-refractivity contribution in [3.05, 3.63) is 58.3 Å². The van der Waals surface area contributed by atoms with Gasteiger partial charge in [0.1, 0.15) is 12.0 Å². The molecular weight excluding hydrogens is 466 g/mol. The first kappa shape index (κ1) is 25.0. The Bertz CT molecular complexity index is 1030. The van der Waals surface area contributed by atoms with Crippen molar-refractivity contribution >= 4 is 35.1 Å². The minimum Gasteiger partial charge on any atom is -0.355 e. The van der Waals surface area contributed by atoms with Gasteiger partial charge in [0.15, 0.2) is 0 Å². The van der Waals surface area contributed by atoms with Gasteiger partial charge in [-0.15, -0.1) is 11.8 Å². The molecule has 0 spiro atoms. The number of piperazine rings is 1. The molecule has 1 saturated heterocycles. The van der Waals surface area contributed by atoms with E-state index in [0.717, 1.165) is 11.4 Å². The van der Waals surface area contributed by atoms with Gasteiger partial charge in [-0.2, -0.15) is 0 Å². The van der Waals surface area contributed by atoms with Crippen LogP contribution in [-0.2, 0) is 4.79 Å². The molecule has 1 aliphatic carbocycles. The van der Waals surface area contributed by atoms with Gasteiger partial charge >= 0.3 is 0 Å². The van der Waals surface area contributed by atoms with Crippen molar-refractivity contribution in [3.8, 4) is 0 Å². The number of nitrogens with one attached hydrogen (secondary N) is 1. The Hall–Kier alpha value is -3.14. The number of carbonyl (C=O) groups is 2. The van der Waals surface area contributed by atoms with Crippen molar-refractivity contribution in [1.82, 2.24) is 15.2 Å². The lowest BCUT2D eigenvalue weighted by Gasteiger charge is -2.35. The number of rotatable bonds is 8. The lowest BCUT2D eigenvalue weighted by Crippen LogP contribution is -2.49. The molecule has 10 heteroatoms. The van der Waals surface area contributed by atoms with E-state index in [1.807, 2.05) is 34.1 Å². The Morgan fingerprint density at radius 3 is 2.49 bits per heavy atom. The summed E-state index contributed by atoms with van der Waals surface area (Å²) in [5.41, 5.74) is 0.568. The zero-order chi connectivity index (χ0) is 24.6. The maximum Gasteiger partial charge on any atom is 0.287 e. The monoisotopic (exact) mass is 497 g/mol. The molecule has 0 bridgehead atoms. The number of carbonyl (C=O) groups excluding carboxylic acids is 2. The predicted molar refractivity (Wildman–Crippen MR) is 136 cm³/mol. The molecule has 1 N–H and O–H groups in total. The third-order valence-electron chi connectivity index (χ3n) is 6.62. The first-order valence-electron chi connectivity index (χ1n) is 12.1. The lowest BCUT2D eigenvalue weighted by molar-refractivity contribution is -0.385. The minimum absolute atomic E-state index is 0.00652. The van der Waals surface area contributed by atoms with Crippen molar-refractivity contribution in [2.24, 2.45) is 5.92 Å². The Kier molecular flexibility index (Phi) is 8.57. The molecule has 0 unspecified atom stereocenters. The van der Waals surface area contributed by atoms with Crippen LogP contribution < -0.4 is 10.2 Å². The summed E-state index contributed by atoms with van der Waals surface area (Å²) >= 11 is 1.40. The molecule has 35 heavy (non-hydrogen) atoms. The predicted octanol–water partition coefficient (Wildman–Crippen LogP) is 3.74. The lowest BCUT2D eigenvalue weighted by atomic mass is 9.89. The normalized spacial score (nSPS) is 16.7. The van der Waals surface area contributed by atoms with Gasteiger partial charge in [-0.3, -0.25) is 19.7 Å². The van der Waals surface area contributed by atoms with Gasteiger partial charge in [0.2, 0.25) is 5.91 Å². The van der Waals surface area contributed by atoms with Gasteiger partial charge < -0.3 is 15.1 Å². The van der Waals surface area contributed by atoms with Crippen LogP contribution in [0.2, 0.25) is 0 Å². The highest BCUT2D eigenvalue weighted by atomic mass is 32.2. The van der Waals surface area contributed by atoms with E-state index in [4.69, 9.17) is 0 Å². The highest BCUT2D eigenvalue weighted by Gasteiger charge is 2.25. The summed E-state index contributed by atoms with van der Waals surface area (Å²) in [5, 5.41) is 13.9. The Labute approximate surface area is 209 Å². The molecule has 1 aromatic heterocycles. The van der Waals surface area contributed by atoms with E-state index in [9.17, 15) is 19.7 Å². The Morgan fingerprint density at radius 1 is 1.06 bits per heavy atom. The van der Waals surface area contributed by atoms with Gasteiger partial charge in [-0.1, -0.05) is 31.4 Å². The number of nitro groups is 1. The van der Waals surface area contributed by atoms with Crippen molar-refractivity contribution in [3.63, 3.8) is 0 Å². The average Bonchev–Trinajstić information content (AvgIpc) is 2.91. The molecule has 2 aliphatic rings. The van der Waals surface area contributed by atoms with E-state index in [1.165, 1.54) is 56.1 Å². The van der Waals surface area contributed by atoms with Gasteiger partial charge in [0.05, 0.1) is 16.2 Å². The zero-order valence-corrected chi connectivity index (χ0v) is 20.5. The van der Waals surface area contributed by atoms with E-state index in [-0.39, 0.29) is 23.3 Å². The third-order valence-corrected chi connectivity index (χ3v) is 7.70. The molecule has 186 valence electrons. The highest BCUT2D eigenvalue weighted by molar-refractivity contribution is 8.00. The summed E-state index contributed by atoms with van der Waals surface area (Å²) in [5.74, 6) is 1.50. The zero-order valence-electron chi connectivity index (χ0n) is 19.7. The van der Waals surface area contributed by atoms with Crippen molar-refractivity contribution < 1.29 is 14.5 Å². The standard InChI is InChI=1S/C25H31N5O4S/c31-24(27-16-19-6-2-1-3-7-19)18-35-22-9-5-4-8-21(22)25(32)29-14-12-28(13-15-29)23-11-10-20(17-26-23)30(33)34/h4-5,8-11,17,19H,1-3,6-7,12-16,18H2,(H,27,31). The Morgan fingerprint density at radius 2 is 1.80 bits per heavy atom. The number of hydrogen-bond donors (Lipinski definition) is 1. The minimum atomic E-state index is -0.469. The molecule has 1 aliphatic heterocycles. The van der Waals surface area contributed by atoms with E-state index in [0.29, 0.717) is 43.5 Å². The molecule has 2 heterocycles. The molecular formula is C25H31N5O4S. The fraction of sp³-hybridized carbons (Fsp3) is 0.480. The number of thioether (sulfide) groups is 1. The molecule has 0 atom stereocenters. The van der Waals surface area contributed by atoms with Crippen molar-refractivity contribution in [2.75, 3.05) is 43.4 Å². The van der Waals surface area contributed by atoms with Crippen LogP contribution >= 0.6 is 11.8 Å². The number of aromatic nitrogens is 1. The largest absolute Gasteiger partial charge is 0.355 e. The first-order valence-corrected chi connectivity index (χ1v) is 13.1. The summed E-state index contributed by atoms with van der Waals surface area (Å²) in [6, 6.07) is 10.5. The number of benzene rings is 1. The molecule has 2 fully saturated rings. The van der Waals surface area contributed by atoms with Gasteiger partial charge in [0, 0.05) is 43.7 Å². The fourth-order valence-electron chi connectivity index (χ4n) is 4.60. The topological polar surface area (TPSA) is 109 Å². The van der Waals surface area contributed by atoms with Crippen LogP contribution in [0, 0.1) is 16.0 Å². The summed E-state index contributed by atoms with van der Waals surface area (Å²) in [7, 11) is 0. The fourth-order valence-corrected chi connectivity index (χ4v) is 5.47. The van der Waals surface area contributed by atoms with Crippen LogP contribution in [0.1, 0.15) is 42.5 Å². The maximum atomic E-state index is 13.3.